The lowest BCUT2D eigenvalue weighted by atomic mass is 10.1. The topological polar surface area (TPSA) is 49.7 Å². The largest absolute Gasteiger partial charge is 0.493 e. The van der Waals surface area contributed by atoms with E-state index in [0.717, 1.165) is 0 Å². The summed E-state index contributed by atoms with van der Waals surface area (Å²) >= 11 is 5.86. The van der Waals surface area contributed by atoms with Gasteiger partial charge in [-0.05, 0) is 39.0 Å². The lowest BCUT2D eigenvalue weighted by Gasteiger charge is -2.19. The number of benzene rings is 1. The van der Waals surface area contributed by atoms with Gasteiger partial charge in [0.15, 0.2) is 0 Å². The van der Waals surface area contributed by atoms with E-state index in [1.807, 2.05) is 0 Å². The molecule has 0 aliphatic rings. The quantitative estimate of drug-likeness (QED) is 0.854. The number of ether oxygens (including phenoxy) is 1. The average molecular weight is 259 g/mol. The predicted molar refractivity (Wildman–Crippen MR) is 68.5 cm³/mol. The zero-order chi connectivity index (χ0) is 13.1. The van der Waals surface area contributed by atoms with Crippen LogP contribution < -0.4 is 4.74 Å². The molecule has 0 bridgehead atoms. The van der Waals surface area contributed by atoms with Gasteiger partial charge < -0.3 is 14.9 Å². The first kappa shape index (κ1) is 14.3. The monoisotopic (exact) mass is 258 g/mol. The van der Waals surface area contributed by atoms with Crippen molar-refractivity contribution in [2.24, 2.45) is 0 Å². The summed E-state index contributed by atoms with van der Waals surface area (Å²) in [5.74, 6) is 0.605. The van der Waals surface area contributed by atoms with Crippen molar-refractivity contribution < 1.29 is 14.9 Å². The van der Waals surface area contributed by atoms with Gasteiger partial charge in [-0.25, -0.2) is 0 Å². The van der Waals surface area contributed by atoms with Gasteiger partial charge in [0.2, 0.25) is 0 Å². The molecule has 2 N–H and O–H groups in total. The molecule has 0 aliphatic carbocycles. The molecule has 0 heterocycles. The first-order valence-electron chi connectivity index (χ1n) is 5.62. The van der Waals surface area contributed by atoms with Crippen molar-refractivity contribution in [3.63, 3.8) is 0 Å². The van der Waals surface area contributed by atoms with Gasteiger partial charge in [0, 0.05) is 17.0 Å². The summed E-state index contributed by atoms with van der Waals surface area (Å²) in [5.41, 5.74) is -0.0921. The molecule has 0 aliphatic heterocycles. The Hall–Kier alpha value is -0.770. The number of rotatable bonds is 5. The average Bonchev–Trinajstić information content (AvgIpc) is 2.18. The molecule has 0 saturated heterocycles. The van der Waals surface area contributed by atoms with E-state index >= 15 is 0 Å². The second-order valence-electron chi connectivity index (χ2n) is 4.77. The highest BCUT2D eigenvalue weighted by atomic mass is 35.5. The van der Waals surface area contributed by atoms with Crippen LogP contribution in [-0.4, -0.2) is 22.4 Å². The Kier molecular flexibility index (Phi) is 4.80. The van der Waals surface area contributed by atoms with E-state index in [1.165, 1.54) is 0 Å². The molecule has 17 heavy (non-hydrogen) atoms. The summed E-state index contributed by atoms with van der Waals surface area (Å²) in [6.07, 6.45) is -0.111. The fraction of sp³-hybridized carbons (Fsp3) is 0.538. The van der Waals surface area contributed by atoms with Crippen molar-refractivity contribution in [3.05, 3.63) is 28.8 Å². The number of aliphatic hydroxyl groups is 2. The van der Waals surface area contributed by atoms with Gasteiger partial charge in [-0.1, -0.05) is 11.6 Å². The van der Waals surface area contributed by atoms with E-state index in [1.54, 1.807) is 39.0 Å². The molecule has 1 unspecified atom stereocenters. The van der Waals surface area contributed by atoms with Crippen molar-refractivity contribution in [3.8, 4) is 5.75 Å². The molecule has 0 saturated carbocycles. The second-order valence-corrected chi connectivity index (χ2v) is 5.21. The number of halogens is 1. The minimum atomic E-state index is -0.753. The Morgan fingerprint density at radius 2 is 2.06 bits per heavy atom. The minimum absolute atomic E-state index is 0.394. The molecule has 0 spiro atoms. The molecular formula is C13H19ClO3. The lowest BCUT2D eigenvalue weighted by Crippen LogP contribution is -2.22. The van der Waals surface area contributed by atoms with Crippen LogP contribution in [0.5, 0.6) is 5.75 Å². The Bertz CT molecular complexity index is 369. The summed E-state index contributed by atoms with van der Waals surface area (Å²) in [5, 5.41) is 19.7. The second kappa shape index (κ2) is 5.71. The predicted octanol–water partition coefficient (Wildman–Crippen LogP) is 2.93. The molecule has 4 heteroatoms. The van der Waals surface area contributed by atoms with E-state index in [-0.39, 0.29) is 0 Å². The molecule has 0 radical (unpaired) electrons. The zero-order valence-corrected chi connectivity index (χ0v) is 11.2. The maximum atomic E-state index is 9.60. The standard InChI is InChI=1S/C13H19ClO3/c1-9(15)11-8-10(14)4-5-12(11)17-7-6-13(2,3)16/h4-5,8-9,15-16H,6-7H2,1-3H3. The van der Waals surface area contributed by atoms with Crippen LogP contribution in [0.2, 0.25) is 5.02 Å². The first-order chi connectivity index (χ1) is 7.79. The van der Waals surface area contributed by atoms with Crippen LogP contribution in [-0.2, 0) is 0 Å². The van der Waals surface area contributed by atoms with Crippen LogP contribution in [0.25, 0.3) is 0 Å². The molecule has 96 valence electrons. The van der Waals surface area contributed by atoms with Crippen LogP contribution in [0.3, 0.4) is 0 Å². The lowest BCUT2D eigenvalue weighted by molar-refractivity contribution is 0.0548. The zero-order valence-electron chi connectivity index (χ0n) is 10.4. The normalized spacial score (nSPS) is 13.5. The van der Waals surface area contributed by atoms with Crippen molar-refractivity contribution >= 4 is 11.6 Å². The number of hydrogen-bond acceptors (Lipinski definition) is 3. The van der Waals surface area contributed by atoms with Crippen LogP contribution in [0.4, 0.5) is 0 Å². The third kappa shape index (κ3) is 4.94. The fourth-order valence-electron chi connectivity index (χ4n) is 1.39. The van der Waals surface area contributed by atoms with Gasteiger partial charge in [0.1, 0.15) is 5.75 Å². The molecular weight excluding hydrogens is 240 g/mol. The van der Waals surface area contributed by atoms with Crippen molar-refractivity contribution in [1.29, 1.82) is 0 Å². The molecule has 3 nitrogen and oxygen atoms in total. The molecule has 1 aromatic carbocycles. The van der Waals surface area contributed by atoms with E-state index < -0.39 is 11.7 Å². The molecule has 0 amide bonds. The third-order valence-electron chi connectivity index (χ3n) is 2.39. The fourth-order valence-corrected chi connectivity index (χ4v) is 1.57. The highest BCUT2D eigenvalue weighted by Crippen LogP contribution is 2.28. The van der Waals surface area contributed by atoms with Gasteiger partial charge in [-0.3, -0.25) is 0 Å². The maximum Gasteiger partial charge on any atom is 0.125 e. The van der Waals surface area contributed by atoms with Crippen LogP contribution in [0, 0.1) is 0 Å². The summed E-state index contributed by atoms with van der Waals surface area (Å²) < 4.78 is 5.55. The molecule has 1 atom stereocenters. The summed E-state index contributed by atoms with van der Waals surface area (Å²) in [7, 11) is 0. The highest BCUT2D eigenvalue weighted by Gasteiger charge is 2.14. The van der Waals surface area contributed by atoms with Gasteiger partial charge in [-0.2, -0.15) is 0 Å². The van der Waals surface area contributed by atoms with E-state index in [4.69, 9.17) is 16.3 Å². The van der Waals surface area contributed by atoms with Gasteiger partial charge >= 0.3 is 0 Å². The smallest absolute Gasteiger partial charge is 0.125 e. The molecule has 1 aromatic rings. The molecule has 0 aromatic heterocycles. The van der Waals surface area contributed by atoms with Gasteiger partial charge in [0.05, 0.1) is 18.3 Å². The molecule has 0 fully saturated rings. The summed E-state index contributed by atoms with van der Waals surface area (Å²) in [6.45, 7) is 5.51. The maximum absolute atomic E-state index is 9.60. The Morgan fingerprint density at radius 1 is 1.41 bits per heavy atom. The van der Waals surface area contributed by atoms with E-state index in [2.05, 4.69) is 0 Å². The summed E-state index contributed by atoms with van der Waals surface area (Å²) in [4.78, 5) is 0. The number of hydrogen-bond donors (Lipinski definition) is 2. The van der Waals surface area contributed by atoms with Crippen molar-refractivity contribution in [2.45, 2.75) is 38.9 Å². The highest BCUT2D eigenvalue weighted by molar-refractivity contribution is 6.30. The Morgan fingerprint density at radius 3 is 2.59 bits per heavy atom. The van der Waals surface area contributed by atoms with Gasteiger partial charge in [-0.15, -0.1) is 0 Å². The SMILES string of the molecule is CC(O)c1cc(Cl)ccc1OCCC(C)(C)O. The van der Waals surface area contributed by atoms with E-state index in [0.29, 0.717) is 29.4 Å². The summed E-state index contributed by atoms with van der Waals surface area (Å²) in [6, 6.07) is 5.13. The third-order valence-corrected chi connectivity index (χ3v) is 2.63. The van der Waals surface area contributed by atoms with Crippen molar-refractivity contribution in [1.82, 2.24) is 0 Å². The van der Waals surface area contributed by atoms with Gasteiger partial charge in [0.25, 0.3) is 0 Å². The Labute approximate surface area is 107 Å². The minimum Gasteiger partial charge on any atom is -0.493 e. The van der Waals surface area contributed by atoms with Crippen molar-refractivity contribution in [2.75, 3.05) is 6.61 Å². The first-order valence-corrected chi connectivity index (χ1v) is 6.00. The van der Waals surface area contributed by atoms with E-state index in [9.17, 15) is 10.2 Å². The molecule has 1 rings (SSSR count). The van der Waals surface area contributed by atoms with Crippen LogP contribution in [0.15, 0.2) is 18.2 Å². The number of aliphatic hydroxyl groups excluding tert-OH is 1. The van der Waals surface area contributed by atoms with Crippen LogP contribution in [0.1, 0.15) is 38.9 Å². The Balaban J connectivity index is 2.70. The van der Waals surface area contributed by atoms with Crippen LogP contribution >= 0.6 is 11.6 Å².